The van der Waals surface area contributed by atoms with Crippen molar-refractivity contribution in [2.24, 2.45) is 5.92 Å². The van der Waals surface area contributed by atoms with Gasteiger partial charge >= 0.3 is 13.8 Å². The zero-order chi connectivity index (χ0) is 14.7. The summed E-state index contributed by atoms with van der Waals surface area (Å²) in [7, 11) is -4.32. The van der Waals surface area contributed by atoms with Crippen LogP contribution >= 0.6 is 7.60 Å². The topological polar surface area (TPSA) is 46.5 Å². The first-order valence-corrected chi connectivity index (χ1v) is 8.14. The summed E-state index contributed by atoms with van der Waals surface area (Å²) in [5, 5.41) is 0. The van der Waals surface area contributed by atoms with E-state index in [1.165, 1.54) is 0 Å². The molecule has 4 unspecified atom stereocenters. The van der Waals surface area contributed by atoms with Crippen molar-refractivity contribution in [3.05, 3.63) is 0 Å². The molecule has 0 bridgehead atoms. The van der Waals surface area contributed by atoms with E-state index in [0.29, 0.717) is 12.8 Å². The Labute approximate surface area is 109 Å². The molecule has 19 heavy (non-hydrogen) atoms. The van der Waals surface area contributed by atoms with Gasteiger partial charge in [-0.2, -0.15) is 13.2 Å². The van der Waals surface area contributed by atoms with Gasteiger partial charge in [-0.3, -0.25) is 9.09 Å². The van der Waals surface area contributed by atoms with Crippen LogP contribution in [0, 0.1) is 5.92 Å². The molecule has 1 N–H and O–H groups in total. The largest absolute Gasteiger partial charge is 0.415 e. The van der Waals surface area contributed by atoms with Gasteiger partial charge in [-0.15, -0.1) is 0 Å². The van der Waals surface area contributed by atoms with Crippen LogP contribution in [-0.2, 0) is 9.09 Å². The van der Waals surface area contributed by atoms with Crippen molar-refractivity contribution in [2.45, 2.75) is 57.5 Å². The van der Waals surface area contributed by atoms with Gasteiger partial charge in [0.1, 0.15) is 6.17 Å². The molecule has 1 rings (SSSR count). The molecular formula is C11H19F4O3P. The third kappa shape index (κ3) is 5.04. The highest BCUT2D eigenvalue weighted by Gasteiger charge is 2.51. The van der Waals surface area contributed by atoms with Crippen LogP contribution in [0.3, 0.4) is 0 Å². The first-order chi connectivity index (χ1) is 8.67. The molecule has 1 aliphatic carbocycles. The normalized spacial score (nSPS) is 29.8. The Morgan fingerprint density at radius 2 is 1.95 bits per heavy atom. The van der Waals surface area contributed by atoms with Gasteiger partial charge < -0.3 is 4.89 Å². The third-order valence-electron chi connectivity index (χ3n) is 3.23. The van der Waals surface area contributed by atoms with Gasteiger partial charge in [-0.05, 0) is 19.3 Å². The lowest BCUT2D eigenvalue weighted by atomic mass is 9.83. The lowest BCUT2D eigenvalue weighted by molar-refractivity contribution is -0.220. The minimum absolute atomic E-state index is 0.0253. The smallest absolute Gasteiger partial charge is 0.324 e. The van der Waals surface area contributed by atoms with Gasteiger partial charge in [0.05, 0.1) is 0 Å². The Hall–Kier alpha value is -0.130. The maximum Gasteiger partial charge on any atom is 0.415 e. The summed E-state index contributed by atoms with van der Waals surface area (Å²) in [6.07, 6.45) is -8.02. The van der Waals surface area contributed by atoms with E-state index < -0.39 is 32.0 Å². The van der Waals surface area contributed by atoms with Crippen LogP contribution in [0.4, 0.5) is 17.6 Å². The summed E-state index contributed by atoms with van der Waals surface area (Å²) in [6, 6.07) is 0. The second-order valence-corrected chi connectivity index (χ2v) is 6.83. The summed E-state index contributed by atoms with van der Waals surface area (Å²) in [5.41, 5.74) is 0. The molecule has 114 valence electrons. The van der Waals surface area contributed by atoms with E-state index in [0.717, 1.165) is 0 Å². The predicted molar refractivity (Wildman–Crippen MR) is 62.8 cm³/mol. The highest BCUT2D eigenvalue weighted by Crippen LogP contribution is 2.50. The molecule has 0 aliphatic heterocycles. The molecule has 0 heterocycles. The SMILES string of the molecule is CCCP(=O)(O)OC(C1CCCCC1F)C(F)(F)F. The van der Waals surface area contributed by atoms with Gasteiger partial charge in [0, 0.05) is 12.1 Å². The Morgan fingerprint density at radius 3 is 2.42 bits per heavy atom. The average molecular weight is 306 g/mol. The molecule has 0 spiro atoms. The van der Waals surface area contributed by atoms with Gasteiger partial charge in [-0.25, -0.2) is 4.39 Å². The molecule has 1 saturated carbocycles. The molecule has 8 heteroatoms. The van der Waals surface area contributed by atoms with Crippen molar-refractivity contribution < 1.29 is 31.5 Å². The Kier molecular flexibility index (Phi) is 5.83. The van der Waals surface area contributed by atoms with Gasteiger partial charge in [0.2, 0.25) is 0 Å². The Bertz CT molecular complexity index is 334. The van der Waals surface area contributed by atoms with Crippen LogP contribution in [0.15, 0.2) is 0 Å². The fourth-order valence-electron chi connectivity index (χ4n) is 2.35. The highest BCUT2D eigenvalue weighted by atomic mass is 31.2. The van der Waals surface area contributed by atoms with E-state index in [1.54, 1.807) is 6.92 Å². The Balaban J connectivity index is 2.86. The van der Waals surface area contributed by atoms with Gasteiger partial charge in [0.25, 0.3) is 0 Å². The number of hydrogen-bond acceptors (Lipinski definition) is 2. The van der Waals surface area contributed by atoms with Crippen molar-refractivity contribution in [1.29, 1.82) is 0 Å². The minimum Gasteiger partial charge on any atom is -0.324 e. The van der Waals surface area contributed by atoms with Crippen molar-refractivity contribution in [3.8, 4) is 0 Å². The molecule has 0 aromatic carbocycles. The lowest BCUT2D eigenvalue weighted by Crippen LogP contribution is -2.43. The summed E-state index contributed by atoms with van der Waals surface area (Å²) in [6.45, 7) is 1.56. The van der Waals surface area contributed by atoms with Crippen molar-refractivity contribution >= 4 is 7.60 Å². The molecule has 3 nitrogen and oxygen atoms in total. The summed E-state index contributed by atoms with van der Waals surface area (Å²) in [4.78, 5) is 9.38. The van der Waals surface area contributed by atoms with Gasteiger partial charge in [0.15, 0.2) is 6.10 Å². The van der Waals surface area contributed by atoms with E-state index in [4.69, 9.17) is 0 Å². The second-order valence-electron chi connectivity index (χ2n) is 4.89. The third-order valence-corrected chi connectivity index (χ3v) is 4.80. The number of halogens is 4. The fraction of sp³-hybridized carbons (Fsp3) is 1.00. The van der Waals surface area contributed by atoms with E-state index in [1.807, 2.05) is 0 Å². The number of alkyl halides is 4. The van der Waals surface area contributed by atoms with Crippen LogP contribution < -0.4 is 0 Å². The first kappa shape index (κ1) is 16.9. The quantitative estimate of drug-likeness (QED) is 0.615. The zero-order valence-corrected chi connectivity index (χ0v) is 11.6. The van der Waals surface area contributed by atoms with E-state index in [-0.39, 0.29) is 25.4 Å². The van der Waals surface area contributed by atoms with Crippen LogP contribution in [-0.4, -0.2) is 29.5 Å². The molecule has 0 radical (unpaired) electrons. The fourth-order valence-corrected chi connectivity index (χ4v) is 3.65. The minimum atomic E-state index is -4.83. The predicted octanol–water partition coefficient (Wildman–Crippen LogP) is 4.06. The molecular weight excluding hydrogens is 287 g/mol. The number of hydrogen-bond donors (Lipinski definition) is 1. The van der Waals surface area contributed by atoms with Crippen LogP contribution in [0.1, 0.15) is 39.0 Å². The van der Waals surface area contributed by atoms with Crippen LogP contribution in [0.25, 0.3) is 0 Å². The van der Waals surface area contributed by atoms with E-state index in [9.17, 15) is 27.0 Å². The zero-order valence-electron chi connectivity index (χ0n) is 10.7. The molecule has 1 fully saturated rings. The van der Waals surface area contributed by atoms with Crippen molar-refractivity contribution in [3.63, 3.8) is 0 Å². The first-order valence-electron chi connectivity index (χ1n) is 6.38. The van der Waals surface area contributed by atoms with Crippen LogP contribution in [0.2, 0.25) is 0 Å². The molecule has 1 aliphatic rings. The molecule has 4 atom stereocenters. The highest BCUT2D eigenvalue weighted by molar-refractivity contribution is 7.52. The lowest BCUT2D eigenvalue weighted by Gasteiger charge is -2.34. The van der Waals surface area contributed by atoms with Crippen molar-refractivity contribution in [1.82, 2.24) is 0 Å². The standard InChI is InChI=1S/C11H19F4O3P/c1-2-7-19(16,17)18-10(11(13,14)15)8-5-3-4-6-9(8)12/h8-10H,2-7H2,1H3,(H,16,17). The second kappa shape index (κ2) is 6.55. The number of rotatable bonds is 5. The monoisotopic (exact) mass is 306 g/mol. The van der Waals surface area contributed by atoms with Gasteiger partial charge in [-0.1, -0.05) is 19.8 Å². The maximum absolute atomic E-state index is 13.6. The molecule has 0 aromatic heterocycles. The summed E-state index contributed by atoms with van der Waals surface area (Å²) in [5.74, 6) is -1.38. The molecule has 0 saturated heterocycles. The van der Waals surface area contributed by atoms with Crippen molar-refractivity contribution in [2.75, 3.05) is 6.16 Å². The maximum atomic E-state index is 13.6. The Morgan fingerprint density at radius 1 is 1.37 bits per heavy atom. The summed E-state index contributed by atoms with van der Waals surface area (Å²) < 4.78 is 68.3. The summed E-state index contributed by atoms with van der Waals surface area (Å²) >= 11 is 0. The average Bonchev–Trinajstić information content (AvgIpc) is 2.25. The van der Waals surface area contributed by atoms with Crippen LogP contribution in [0.5, 0.6) is 0 Å². The molecule has 0 aromatic rings. The van der Waals surface area contributed by atoms with E-state index >= 15 is 0 Å². The van der Waals surface area contributed by atoms with E-state index in [2.05, 4.69) is 4.52 Å². The molecule has 0 amide bonds.